The van der Waals surface area contributed by atoms with Crippen molar-refractivity contribution in [2.24, 2.45) is 57.2 Å². The zero-order valence-electron chi connectivity index (χ0n) is 34.6. The van der Waals surface area contributed by atoms with Gasteiger partial charge in [-0.15, -0.1) is 0 Å². The van der Waals surface area contributed by atoms with Crippen LogP contribution in [0.1, 0.15) is 149 Å². The second-order valence-corrected chi connectivity index (χ2v) is 21.1. The first-order valence-electron chi connectivity index (χ1n) is 21.2. The average Bonchev–Trinajstić information content (AvgIpc) is 3.47. The van der Waals surface area contributed by atoms with E-state index < -0.39 is 11.6 Å². The number of nitrogens with zero attached hydrogens (tertiary/aromatic N) is 1. The average molecular weight is 727 g/mol. The minimum Gasteiger partial charge on any atom is -0.478 e. The number of aromatic carboxylic acids is 1. The molecule has 1 aromatic carbocycles. The van der Waals surface area contributed by atoms with Gasteiger partial charge in [0.2, 0.25) is 0 Å². The van der Waals surface area contributed by atoms with E-state index in [4.69, 9.17) is 4.74 Å². The van der Waals surface area contributed by atoms with Crippen molar-refractivity contribution in [3.8, 4) is 0 Å². The number of carbonyl (C=O) groups excluding carboxylic acids is 1. The number of amides is 1. The van der Waals surface area contributed by atoms with Gasteiger partial charge in [0.25, 0.3) is 0 Å². The maximum atomic E-state index is 13.0. The van der Waals surface area contributed by atoms with Crippen molar-refractivity contribution in [1.29, 1.82) is 0 Å². The highest BCUT2D eigenvalue weighted by Gasteiger charge is 2.70. The molecule has 5 aliphatic carbocycles. The van der Waals surface area contributed by atoms with Gasteiger partial charge in [-0.25, -0.2) is 9.59 Å². The molecule has 1 aromatic rings. The van der Waals surface area contributed by atoms with E-state index in [1.807, 2.05) is 37.8 Å². The Morgan fingerprint density at radius 1 is 0.925 bits per heavy atom. The Kier molecular flexibility index (Phi) is 9.68. The third kappa shape index (κ3) is 6.24. The van der Waals surface area contributed by atoms with Gasteiger partial charge in [0.15, 0.2) is 0 Å². The van der Waals surface area contributed by atoms with Gasteiger partial charge in [0.1, 0.15) is 5.60 Å². The first-order chi connectivity index (χ1) is 24.8. The molecule has 6 aliphatic rings. The van der Waals surface area contributed by atoms with Crippen LogP contribution in [-0.4, -0.2) is 52.8 Å². The van der Waals surface area contributed by atoms with Gasteiger partial charge < -0.3 is 20.1 Å². The number of carboxylic acid groups (broad SMARTS) is 1. The molecule has 6 nitrogen and oxygen atoms in total. The molecule has 0 aromatic heterocycles. The van der Waals surface area contributed by atoms with Gasteiger partial charge in [0, 0.05) is 25.2 Å². The molecule has 1 saturated heterocycles. The number of allylic oxidation sites excluding steroid dienone is 3. The zero-order valence-corrected chi connectivity index (χ0v) is 34.6. The lowest BCUT2D eigenvalue weighted by molar-refractivity contribution is -0.219. The van der Waals surface area contributed by atoms with Crippen LogP contribution in [0.15, 0.2) is 42.5 Å². The monoisotopic (exact) mass is 727 g/mol. The van der Waals surface area contributed by atoms with Crippen molar-refractivity contribution in [3.63, 3.8) is 0 Å². The number of rotatable bonds is 6. The van der Waals surface area contributed by atoms with E-state index in [0.29, 0.717) is 41.1 Å². The highest BCUT2D eigenvalue weighted by atomic mass is 16.6. The van der Waals surface area contributed by atoms with Crippen molar-refractivity contribution >= 4 is 17.6 Å². The van der Waals surface area contributed by atoms with Crippen molar-refractivity contribution in [2.45, 2.75) is 144 Å². The van der Waals surface area contributed by atoms with Crippen LogP contribution in [0.25, 0.3) is 5.57 Å². The van der Waals surface area contributed by atoms with Crippen LogP contribution in [-0.2, 0) is 4.74 Å². The topological polar surface area (TPSA) is 78.9 Å². The molecule has 0 radical (unpaired) electrons. The summed E-state index contributed by atoms with van der Waals surface area (Å²) < 4.78 is 5.78. The maximum absolute atomic E-state index is 13.0. The zero-order chi connectivity index (χ0) is 38.4. The molecular weight excluding hydrogens is 657 g/mol. The highest BCUT2D eigenvalue weighted by molar-refractivity contribution is 5.88. The Hall–Kier alpha value is -2.60. The molecule has 1 amide bonds. The number of fused-ring (bicyclic) bond motifs is 7. The highest BCUT2D eigenvalue weighted by Crippen LogP contribution is 2.76. The van der Waals surface area contributed by atoms with Crippen LogP contribution in [0.3, 0.4) is 0 Å². The standard InChI is InChI=1S/C47H70N2O4/c1-30(2)34-19-24-47(48-28-31-12-11-27-49(29-31)41(52)53-42(3,4)5)26-25-45(9)36(39(34)47)17-18-38-44(8)22-20-35(32-13-15-33(16-14-32)40(50)51)43(6,7)37(44)21-23-46(38,45)10/h13-16,20,31,34,36-39,48H,1,11-12,17-19,21-29H2,2-10H3,(H,50,51)/t31?,34-,36+,37-,38+,39+,44-,45+,46+,47-/m0/s1. The summed E-state index contributed by atoms with van der Waals surface area (Å²) in [7, 11) is 0. The number of hydrogen-bond donors (Lipinski definition) is 2. The molecule has 7 rings (SSSR count). The number of ether oxygens (including phenoxy) is 1. The Balaban J connectivity index is 1.13. The fourth-order valence-electron chi connectivity index (χ4n) is 14.4. The number of carbonyl (C=O) groups is 2. The summed E-state index contributed by atoms with van der Waals surface area (Å²) in [4.78, 5) is 26.6. The fraction of sp³-hybridized carbons (Fsp3) is 0.745. The summed E-state index contributed by atoms with van der Waals surface area (Å²) in [5.41, 5.74) is 4.78. The van der Waals surface area contributed by atoms with Gasteiger partial charge in [-0.1, -0.05) is 65.0 Å². The van der Waals surface area contributed by atoms with Crippen molar-refractivity contribution < 1.29 is 19.4 Å². The maximum Gasteiger partial charge on any atom is 0.410 e. The molecule has 1 unspecified atom stereocenters. The van der Waals surface area contributed by atoms with Gasteiger partial charge in [-0.3, -0.25) is 0 Å². The third-order valence-electron chi connectivity index (χ3n) is 17.0. The van der Waals surface area contributed by atoms with Crippen LogP contribution in [0.5, 0.6) is 0 Å². The van der Waals surface area contributed by atoms with Crippen LogP contribution < -0.4 is 5.32 Å². The van der Waals surface area contributed by atoms with Crippen molar-refractivity contribution in [2.75, 3.05) is 19.6 Å². The number of piperidine rings is 1. The van der Waals surface area contributed by atoms with E-state index in [1.54, 1.807) is 12.1 Å². The van der Waals surface area contributed by atoms with Gasteiger partial charge in [-0.2, -0.15) is 0 Å². The lowest BCUT2D eigenvalue weighted by atomic mass is 9.33. The summed E-state index contributed by atoms with van der Waals surface area (Å²) in [5, 5.41) is 13.8. The normalized spacial score (nSPS) is 40.5. The molecule has 4 saturated carbocycles. The summed E-state index contributed by atoms with van der Waals surface area (Å²) in [6, 6.07) is 7.61. The molecule has 2 N–H and O–H groups in total. The molecule has 0 bridgehead atoms. The molecule has 5 fully saturated rings. The number of carboxylic acids is 1. The second kappa shape index (κ2) is 13.3. The summed E-state index contributed by atoms with van der Waals surface area (Å²) in [5.74, 6) is 2.69. The lowest BCUT2D eigenvalue weighted by Crippen LogP contribution is -2.68. The molecular formula is C47H70N2O4. The van der Waals surface area contributed by atoms with Crippen LogP contribution in [0.4, 0.5) is 4.79 Å². The van der Waals surface area contributed by atoms with E-state index in [2.05, 4.69) is 59.5 Å². The Morgan fingerprint density at radius 2 is 1.64 bits per heavy atom. The van der Waals surface area contributed by atoms with Crippen LogP contribution in [0.2, 0.25) is 0 Å². The number of hydrogen-bond acceptors (Lipinski definition) is 4. The van der Waals surface area contributed by atoms with E-state index in [0.717, 1.165) is 38.9 Å². The SMILES string of the molecule is C=C(C)[C@@H]1CC[C@]2(NCC3CCCN(C(=O)OC(C)(C)C)C3)CC[C@]3(C)[C@H](CC[C@@H]4[C@@]5(C)CC=C(c6ccc(C(=O)O)cc6)C(C)(C)[C@@H]5CC[C@]43C)[C@@H]12. The molecule has 292 valence electrons. The molecule has 10 atom stereocenters. The third-order valence-corrected chi connectivity index (χ3v) is 17.0. The summed E-state index contributed by atoms with van der Waals surface area (Å²) >= 11 is 0. The van der Waals surface area contributed by atoms with Gasteiger partial charge in [-0.05, 0) is 179 Å². The minimum atomic E-state index is -0.865. The first-order valence-corrected chi connectivity index (χ1v) is 21.2. The number of benzene rings is 1. The molecule has 6 heteroatoms. The van der Waals surface area contributed by atoms with Crippen molar-refractivity contribution in [3.05, 3.63) is 53.6 Å². The Bertz CT molecular complexity index is 1640. The van der Waals surface area contributed by atoms with Crippen LogP contribution >= 0.6 is 0 Å². The Labute approximate surface area is 321 Å². The largest absolute Gasteiger partial charge is 0.478 e. The number of nitrogens with one attached hydrogen (secondary N) is 1. The quantitative estimate of drug-likeness (QED) is 0.285. The Morgan fingerprint density at radius 3 is 2.30 bits per heavy atom. The molecule has 53 heavy (non-hydrogen) atoms. The lowest BCUT2D eigenvalue weighted by Gasteiger charge is -2.72. The van der Waals surface area contributed by atoms with E-state index in [1.165, 1.54) is 68.1 Å². The second-order valence-electron chi connectivity index (χ2n) is 21.1. The van der Waals surface area contributed by atoms with E-state index in [-0.39, 0.29) is 33.3 Å². The smallest absolute Gasteiger partial charge is 0.410 e. The van der Waals surface area contributed by atoms with E-state index >= 15 is 0 Å². The molecule has 1 aliphatic heterocycles. The first kappa shape index (κ1) is 38.7. The molecule has 1 heterocycles. The molecule has 0 spiro atoms. The predicted molar refractivity (Wildman–Crippen MR) is 215 cm³/mol. The fourth-order valence-corrected chi connectivity index (χ4v) is 14.4. The van der Waals surface area contributed by atoms with E-state index in [9.17, 15) is 14.7 Å². The summed E-state index contributed by atoms with van der Waals surface area (Å²) in [6.07, 6.45) is 15.8. The van der Waals surface area contributed by atoms with Gasteiger partial charge >= 0.3 is 12.1 Å². The predicted octanol–water partition coefficient (Wildman–Crippen LogP) is 11.0. The number of likely N-dealkylation sites (tertiary alicyclic amines) is 1. The van der Waals surface area contributed by atoms with Crippen LogP contribution in [0, 0.1) is 57.2 Å². The minimum absolute atomic E-state index is 0.0111. The summed E-state index contributed by atoms with van der Waals surface area (Å²) in [6.45, 7) is 28.4. The van der Waals surface area contributed by atoms with Gasteiger partial charge in [0.05, 0.1) is 5.56 Å². The van der Waals surface area contributed by atoms with Crippen molar-refractivity contribution in [1.82, 2.24) is 10.2 Å².